The number of nitrogens with one attached hydrogen (secondary N) is 1. The predicted molar refractivity (Wildman–Crippen MR) is 89.3 cm³/mol. The summed E-state index contributed by atoms with van der Waals surface area (Å²) >= 11 is 6.06. The largest absolute Gasteiger partial charge is 0.493 e. The van der Waals surface area contributed by atoms with E-state index in [0.717, 1.165) is 0 Å². The summed E-state index contributed by atoms with van der Waals surface area (Å²) in [4.78, 5) is 24.3. The summed E-state index contributed by atoms with van der Waals surface area (Å²) in [6.07, 6.45) is -1.06. The number of methoxy groups -OCH3 is 2. The molecule has 0 aliphatic heterocycles. The second kappa shape index (κ2) is 7.89. The van der Waals surface area contributed by atoms with E-state index in [2.05, 4.69) is 10.5 Å². The number of carbonyl (C=O) groups excluding carboxylic acids is 2. The van der Waals surface area contributed by atoms with Crippen LogP contribution in [0.1, 0.15) is 23.0 Å². The quantitative estimate of drug-likeness (QED) is 0.782. The van der Waals surface area contributed by atoms with Gasteiger partial charge in [-0.05, 0) is 26.0 Å². The number of esters is 1. The Morgan fingerprint density at radius 2 is 1.96 bits per heavy atom. The molecule has 1 heterocycles. The number of aryl methyl sites for hydroxylation is 1. The second-order valence-corrected chi connectivity index (χ2v) is 5.46. The summed E-state index contributed by atoms with van der Waals surface area (Å²) in [6.45, 7) is 3.12. The Bertz CT molecular complexity index is 789. The highest BCUT2D eigenvalue weighted by Gasteiger charge is 2.22. The Kier molecular flexibility index (Phi) is 5.87. The van der Waals surface area contributed by atoms with Gasteiger partial charge >= 0.3 is 5.97 Å². The van der Waals surface area contributed by atoms with Crippen molar-refractivity contribution >= 4 is 29.3 Å². The van der Waals surface area contributed by atoms with Gasteiger partial charge in [-0.25, -0.2) is 4.79 Å². The number of anilines is 1. The van der Waals surface area contributed by atoms with Crippen LogP contribution in [0.25, 0.3) is 0 Å². The van der Waals surface area contributed by atoms with Gasteiger partial charge in [-0.2, -0.15) is 0 Å². The summed E-state index contributed by atoms with van der Waals surface area (Å²) in [5, 5.41) is 6.30. The lowest BCUT2D eigenvalue weighted by atomic mass is 10.2. The Hall–Kier alpha value is -2.74. The van der Waals surface area contributed by atoms with Crippen LogP contribution in [-0.2, 0) is 9.53 Å². The van der Waals surface area contributed by atoms with Crippen LogP contribution < -0.4 is 14.8 Å². The van der Waals surface area contributed by atoms with E-state index >= 15 is 0 Å². The van der Waals surface area contributed by atoms with E-state index in [-0.39, 0.29) is 22.2 Å². The average Bonchev–Trinajstić information content (AvgIpc) is 2.98. The number of aromatic nitrogens is 1. The van der Waals surface area contributed by atoms with E-state index in [0.29, 0.717) is 11.5 Å². The van der Waals surface area contributed by atoms with E-state index in [1.54, 1.807) is 13.0 Å². The second-order valence-electron chi connectivity index (χ2n) is 5.05. The first-order chi connectivity index (χ1) is 11.8. The minimum atomic E-state index is -1.06. The van der Waals surface area contributed by atoms with Crippen LogP contribution in [0.5, 0.6) is 11.5 Å². The zero-order chi connectivity index (χ0) is 18.6. The lowest BCUT2D eigenvalue weighted by Gasteiger charge is -2.14. The molecule has 1 atom stereocenters. The summed E-state index contributed by atoms with van der Waals surface area (Å²) in [5.74, 6) is 0.0691. The Morgan fingerprint density at radius 1 is 1.24 bits per heavy atom. The van der Waals surface area contributed by atoms with Gasteiger partial charge in [-0.15, -0.1) is 0 Å². The molecular formula is C16H17ClN2O6. The van der Waals surface area contributed by atoms with Gasteiger partial charge in [0.1, 0.15) is 5.76 Å². The molecule has 1 N–H and O–H groups in total. The summed E-state index contributed by atoms with van der Waals surface area (Å²) < 4.78 is 20.2. The number of amides is 1. The maximum atomic E-state index is 12.2. The first-order valence-electron chi connectivity index (χ1n) is 7.22. The lowest BCUT2D eigenvalue weighted by Crippen LogP contribution is -2.30. The minimum Gasteiger partial charge on any atom is -0.493 e. The molecule has 0 radical (unpaired) electrons. The van der Waals surface area contributed by atoms with Gasteiger partial charge < -0.3 is 24.1 Å². The van der Waals surface area contributed by atoms with Crippen molar-refractivity contribution < 1.29 is 28.3 Å². The maximum absolute atomic E-state index is 12.2. The van der Waals surface area contributed by atoms with Gasteiger partial charge in [-0.3, -0.25) is 4.79 Å². The molecule has 0 bridgehead atoms. The van der Waals surface area contributed by atoms with Gasteiger partial charge in [0, 0.05) is 6.07 Å². The standard InChI is InChI=1S/C16H17ClN2O6/c1-8-5-13(19-25-8)18-15(20)9(2)24-16(21)10-6-11(17)14(23-4)12(7-10)22-3/h5-7,9H,1-4H3,(H,18,19,20). The highest BCUT2D eigenvalue weighted by molar-refractivity contribution is 6.32. The molecule has 0 saturated heterocycles. The first kappa shape index (κ1) is 18.6. The third kappa shape index (κ3) is 4.42. The third-order valence-corrected chi connectivity index (χ3v) is 3.48. The molecular weight excluding hydrogens is 352 g/mol. The SMILES string of the molecule is COc1cc(C(=O)OC(C)C(=O)Nc2cc(C)on2)cc(Cl)c1OC. The van der Waals surface area contributed by atoms with E-state index in [9.17, 15) is 9.59 Å². The summed E-state index contributed by atoms with van der Waals surface area (Å²) in [5.41, 5.74) is 0.125. The fraction of sp³-hybridized carbons (Fsp3) is 0.312. The van der Waals surface area contributed by atoms with E-state index in [1.807, 2.05) is 0 Å². The number of rotatable bonds is 6. The fourth-order valence-corrected chi connectivity index (χ4v) is 2.26. The number of carbonyl (C=O) groups is 2. The number of halogens is 1. The van der Waals surface area contributed by atoms with Crippen molar-refractivity contribution in [3.63, 3.8) is 0 Å². The van der Waals surface area contributed by atoms with Crippen LogP contribution in [0.3, 0.4) is 0 Å². The third-order valence-electron chi connectivity index (χ3n) is 3.20. The maximum Gasteiger partial charge on any atom is 0.339 e. The van der Waals surface area contributed by atoms with Crippen molar-refractivity contribution in [1.82, 2.24) is 5.16 Å². The molecule has 2 aromatic rings. The molecule has 0 spiro atoms. The van der Waals surface area contributed by atoms with Crippen molar-refractivity contribution in [1.29, 1.82) is 0 Å². The van der Waals surface area contributed by atoms with Crippen molar-refractivity contribution in [3.8, 4) is 11.5 Å². The highest BCUT2D eigenvalue weighted by Crippen LogP contribution is 2.36. The van der Waals surface area contributed by atoms with E-state index in [4.69, 9.17) is 30.3 Å². The molecule has 0 aliphatic carbocycles. The number of nitrogens with zero attached hydrogens (tertiary/aromatic N) is 1. The van der Waals surface area contributed by atoms with Crippen LogP contribution in [0.4, 0.5) is 5.82 Å². The lowest BCUT2D eigenvalue weighted by molar-refractivity contribution is -0.123. The molecule has 2 rings (SSSR count). The molecule has 1 aromatic carbocycles. The Balaban J connectivity index is 2.08. The number of benzene rings is 1. The zero-order valence-electron chi connectivity index (χ0n) is 14.1. The predicted octanol–water partition coefficient (Wildman–Crippen LogP) is 2.84. The molecule has 9 heteroatoms. The van der Waals surface area contributed by atoms with Crippen LogP contribution in [0.15, 0.2) is 22.7 Å². The number of hydrogen-bond donors (Lipinski definition) is 1. The van der Waals surface area contributed by atoms with Crippen molar-refractivity contribution in [2.24, 2.45) is 0 Å². The van der Waals surface area contributed by atoms with Crippen molar-refractivity contribution in [2.75, 3.05) is 19.5 Å². The van der Waals surface area contributed by atoms with Gasteiger partial charge in [0.2, 0.25) is 0 Å². The number of ether oxygens (including phenoxy) is 3. The zero-order valence-corrected chi connectivity index (χ0v) is 14.8. The molecule has 25 heavy (non-hydrogen) atoms. The van der Waals surface area contributed by atoms with Crippen molar-refractivity contribution in [3.05, 3.63) is 34.5 Å². The highest BCUT2D eigenvalue weighted by atomic mass is 35.5. The summed E-state index contributed by atoms with van der Waals surface area (Å²) in [6, 6.07) is 4.33. The van der Waals surface area contributed by atoms with Crippen LogP contribution >= 0.6 is 11.6 Å². The molecule has 1 aromatic heterocycles. The van der Waals surface area contributed by atoms with Crippen LogP contribution in [0.2, 0.25) is 5.02 Å². The van der Waals surface area contributed by atoms with Gasteiger partial charge in [0.15, 0.2) is 23.4 Å². The first-order valence-corrected chi connectivity index (χ1v) is 7.60. The Labute approximate surface area is 149 Å². The van der Waals surface area contributed by atoms with Crippen LogP contribution in [0, 0.1) is 6.92 Å². The topological polar surface area (TPSA) is 99.9 Å². The monoisotopic (exact) mass is 368 g/mol. The van der Waals surface area contributed by atoms with Gasteiger partial charge in [0.25, 0.3) is 5.91 Å². The molecule has 0 saturated carbocycles. The molecule has 1 amide bonds. The van der Waals surface area contributed by atoms with E-state index < -0.39 is 18.0 Å². The molecule has 0 aliphatic rings. The molecule has 0 fully saturated rings. The molecule has 8 nitrogen and oxygen atoms in total. The van der Waals surface area contributed by atoms with Gasteiger partial charge in [0.05, 0.1) is 24.8 Å². The smallest absolute Gasteiger partial charge is 0.339 e. The number of hydrogen-bond acceptors (Lipinski definition) is 7. The normalized spacial score (nSPS) is 11.6. The van der Waals surface area contributed by atoms with E-state index in [1.165, 1.54) is 33.3 Å². The fourth-order valence-electron chi connectivity index (χ4n) is 1.97. The molecule has 134 valence electrons. The van der Waals surface area contributed by atoms with Crippen molar-refractivity contribution in [2.45, 2.75) is 20.0 Å². The summed E-state index contributed by atoms with van der Waals surface area (Å²) in [7, 11) is 2.85. The Morgan fingerprint density at radius 3 is 2.52 bits per heavy atom. The molecule has 1 unspecified atom stereocenters. The average molecular weight is 369 g/mol. The van der Waals surface area contributed by atoms with Gasteiger partial charge in [-0.1, -0.05) is 16.8 Å². The minimum absolute atomic E-state index is 0.125. The van der Waals surface area contributed by atoms with Crippen LogP contribution in [-0.4, -0.2) is 37.4 Å².